The lowest BCUT2D eigenvalue weighted by Crippen LogP contribution is -2.58. The van der Waals surface area contributed by atoms with Crippen LogP contribution < -0.4 is 25.4 Å². The minimum Gasteiger partial charge on any atom is -0.497 e. The maximum Gasteiger partial charge on any atom is 0.408 e. The van der Waals surface area contributed by atoms with Gasteiger partial charge in [0.2, 0.25) is 19.2 Å². The molecule has 2 saturated carbocycles. The van der Waals surface area contributed by atoms with Gasteiger partial charge in [0.1, 0.15) is 53.1 Å². The number of thiazole rings is 1. The Morgan fingerprint density at radius 3 is 2.54 bits per heavy atom. The third-order valence-electron chi connectivity index (χ3n) is 11.5. The minimum absolute atomic E-state index is 0.0336. The van der Waals surface area contributed by atoms with Crippen LogP contribution in [0.15, 0.2) is 60.9 Å². The average molecular weight is 875 g/mol. The molecule has 4 aromatic rings. The molecule has 0 radical (unpaired) electrons. The van der Waals surface area contributed by atoms with Gasteiger partial charge < -0.3 is 40.0 Å². The van der Waals surface area contributed by atoms with Gasteiger partial charge in [-0.2, -0.15) is 0 Å². The van der Waals surface area contributed by atoms with Crippen molar-refractivity contribution in [3.63, 3.8) is 0 Å². The van der Waals surface area contributed by atoms with E-state index in [-0.39, 0.29) is 37.7 Å². The molecule has 4 heterocycles. The topological polar surface area (TPSA) is 207 Å². The maximum absolute atomic E-state index is 14.9. The van der Waals surface area contributed by atoms with Crippen LogP contribution in [0.25, 0.3) is 22.3 Å². The number of fused-ring (bicyclic) bond motifs is 1. The standard InChI is InChI=1S/C43H55N8O8PS/c1-8-26-20-43(26,60(55,56)22-27-15-16-44-24-45-27)50-38(52)35-18-30(21-51(35)39(53)37(42(4,5)6)49-41(54)59-28-11-9-10-12-28)58-36-19-33(34-23-61-40(48-34)46-25(2)3)47-32-17-29(57-7)13-14-31(32)36/h8,13-17,19,23-26,28,30,35,37H,1,9-12,18,20-22H2,2-7H3,(H,46,48)(H,49,54)(H,50,52)(H,55,56)/t26-,30-,35+,37?,43+/m1/s1. The normalized spacial score (nSPS) is 23.0. The highest BCUT2D eigenvalue weighted by Gasteiger charge is 2.66. The van der Waals surface area contributed by atoms with E-state index >= 15 is 0 Å². The largest absolute Gasteiger partial charge is 0.497 e. The fourth-order valence-electron chi connectivity index (χ4n) is 8.17. The second-order valence-corrected chi connectivity index (χ2v) is 20.9. The summed E-state index contributed by atoms with van der Waals surface area (Å²) in [6, 6.07) is 6.74. The van der Waals surface area contributed by atoms with E-state index in [1.807, 2.05) is 46.1 Å². The monoisotopic (exact) mass is 874 g/mol. The predicted molar refractivity (Wildman–Crippen MR) is 233 cm³/mol. The lowest BCUT2D eigenvalue weighted by molar-refractivity contribution is -0.142. The van der Waals surface area contributed by atoms with Crippen molar-refractivity contribution in [2.45, 2.75) is 115 Å². The van der Waals surface area contributed by atoms with E-state index in [0.717, 1.165) is 30.8 Å². The molecule has 3 aromatic heterocycles. The number of hydrogen-bond acceptors (Lipinski definition) is 13. The van der Waals surface area contributed by atoms with Crippen molar-refractivity contribution in [1.82, 2.24) is 35.5 Å². The number of nitrogens with zero attached hydrogens (tertiary/aromatic N) is 5. The van der Waals surface area contributed by atoms with Gasteiger partial charge in [0, 0.05) is 47.5 Å². The number of hydrogen-bond donors (Lipinski definition) is 4. The number of amides is 3. The minimum atomic E-state index is -4.17. The molecule has 3 amide bonds. The van der Waals surface area contributed by atoms with Gasteiger partial charge in [-0.25, -0.2) is 24.7 Å². The SMILES string of the molecule is C=C[C@@H]1C[C@]1(NC(=O)[C@@H]1C[C@@H](Oc2cc(-c3csc(NC(C)C)n3)nc3cc(OC)ccc23)CN1C(=O)C(NC(=O)OC1CCCC1)C(C)(C)C)P(=O)(O)Cc1ccncn1. The average Bonchev–Trinajstić information content (AvgIpc) is 3.61. The number of carbonyl (C=O) groups excluding carboxylic acids is 3. The molecule has 6 atom stereocenters. The summed E-state index contributed by atoms with van der Waals surface area (Å²) in [5, 5.41) is 10.9. The summed E-state index contributed by atoms with van der Waals surface area (Å²) in [5.41, 5.74) is 1.32. The van der Waals surface area contributed by atoms with Gasteiger partial charge in [0.05, 0.1) is 36.7 Å². The van der Waals surface area contributed by atoms with Crippen LogP contribution in [-0.2, 0) is 25.1 Å². The molecule has 0 bridgehead atoms. The van der Waals surface area contributed by atoms with Crippen molar-refractivity contribution in [3.8, 4) is 22.9 Å². The lowest BCUT2D eigenvalue weighted by Gasteiger charge is -2.36. The Morgan fingerprint density at radius 2 is 1.89 bits per heavy atom. The highest BCUT2D eigenvalue weighted by Crippen LogP contribution is 2.70. The van der Waals surface area contributed by atoms with E-state index in [2.05, 4.69) is 32.5 Å². The smallest absolute Gasteiger partial charge is 0.408 e. The van der Waals surface area contributed by atoms with E-state index < -0.39 is 60.1 Å². The van der Waals surface area contributed by atoms with Gasteiger partial charge in [0.15, 0.2) is 5.13 Å². The molecule has 16 nitrogen and oxygen atoms in total. The van der Waals surface area contributed by atoms with Crippen molar-refractivity contribution in [1.29, 1.82) is 0 Å². The Kier molecular flexibility index (Phi) is 12.8. The first-order valence-electron chi connectivity index (χ1n) is 20.7. The predicted octanol–water partition coefficient (Wildman–Crippen LogP) is 6.90. The Balaban J connectivity index is 1.22. The van der Waals surface area contributed by atoms with Crippen LogP contribution in [0.2, 0.25) is 0 Å². The van der Waals surface area contributed by atoms with E-state index in [4.69, 9.17) is 24.2 Å². The van der Waals surface area contributed by atoms with Crippen LogP contribution in [0.1, 0.15) is 78.8 Å². The number of pyridine rings is 1. The quantitative estimate of drug-likeness (QED) is 0.0710. The number of rotatable bonds is 15. The second kappa shape index (κ2) is 17.7. The zero-order valence-corrected chi connectivity index (χ0v) is 37.1. The molecule has 0 spiro atoms. The highest BCUT2D eigenvalue weighted by molar-refractivity contribution is 7.59. The number of likely N-dealkylation sites (tertiary alicyclic amines) is 1. The number of aromatic nitrogens is 4. The summed E-state index contributed by atoms with van der Waals surface area (Å²) in [7, 11) is -2.60. The number of alkyl carbamates (subject to hydrolysis) is 1. The van der Waals surface area contributed by atoms with Crippen molar-refractivity contribution in [3.05, 3.63) is 66.6 Å². The van der Waals surface area contributed by atoms with Crippen molar-refractivity contribution in [2.75, 3.05) is 19.0 Å². The zero-order chi connectivity index (χ0) is 43.7. The first kappa shape index (κ1) is 44.0. The first-order chi connectivity index (χ1) is 29.0. The van der Waals surface area contributed by atoms with Crippen LogP contribution in [0.4, 0.5) is 9.93 Å². The third-order valence-corrected chi connectivity index (χ3v) is 14.9. The molecule has 18 heteroatoms. The number of nitrogens with one attached hydrogen (secondary N) is 3. The fraction of sp³-hybridized carbons (Fsp3) is 0.512. The molecule has 2 aliphatic carbocycles. The zero-order valence-electron chi connectivity index (χ0n) is 35.4. The summed E-state index contributed by atoms with van der Waals surface area (Å²) in [6.45, 7) is 13.4. The summed E-state index contributed by atoms with van der Waals surface area (Å²) >= 11 is 1.46. The van der Waals surface area contributed by atoms with Gasteiger partial charge in [-0.15, -0.1) is 17.9 Å². The van der Waals surface area contributed by atoms with Crippen LogP contribution in [0, 0.1) is 11.3 Å². The Morgan fingerprint density at radius 1 is 1.11 bits per heavy atom. The van der Waals surface area contributed by atoms with Gasteiger partial charge >= 0.3 is 6.09 Å². The summed E-state index contributed by atoms with van der Waals surface area (Å²) in [6.07, 6.45) is 6.03. The third kappa shape index (κ3) is 9.68. The van der Waals surface area contributed by atoms with Crippen molar-refractivity contribution < 1.29 is 38.1 Å². The van der Waals surface area contributed by atoms with E-state index in [9.17, 15) is 23.8 Å². The van der Waals surface area contributed by atoms with Crippen molar-refractivity contribution >= 4 is 52.6 Å². The molecular formula is C43H55N8O8PS. The van der Waals surface area contributed by atoms with E-state index in [0.29, 0.717) is 39.5 Å². The number of ether oxygens (including phenoxy) is 3. The van der Waals surface area contributed by atoms with E-state index in [1.165, 1.54) is 28.8 Å². The molecule has 326 valence electrons. The summed E-state index contributed by atoms with van der Waals surface area (Å²) < 4.78 is 32.2. The maximum atomic E-state index is 14.9. The number of anilines is 1. The van der Waals surface area contributed by atoms with E-state index in [1.54, 1.807) is 37.5 Å². The molecule has 3 fully saturated rings. The Hall–Kier alpha value is -5.12. The molecular weight excluding hydrogens is 820 g/mol. The van der Waals surface area contributed by atoms with Crippen LogP contribution in [-0.4, -0.2) is 96.9 Å². The molecule has 1 saturated heterocycles. The summed E-state index contributed by atoms with van der Waals surface area (Å²) in [5.74, 6) is -0.592. The van der Waals surface area contributed by atoms with Gasteiger partial charge in [-0.05, 0) is 69.6 Å². The van der Waals surface area contributed by atoms with Crippen LogP contribution in [0.5, 0.6) is 11.5 Å². The molecule has 61 heavy (non-hydrogen) atoms. The lowest BCUT2D eigenvalue weighted by atomic mass is 9.85. The number of carbonyl (C=O) groups is 3. The molecule has 2 unspecified atom stereocenters. The molecule has 3 aliphatic rings. The van der Waals surface area contributed by atoms with Gasteiger partial charge in [-0.3, -0.25) is 14.2 Å². The highest BCUT2D eigenvalue weighted by atomic mass is 32.1. The number of benzene rings is 1. The second-order valence-electron chi connectivity index (χ2n) is 17.5. The Labute approximate surface area is 359 Å². The molecule has 4 N–H and O–H groups in total. The van der Waals surface area contributed by atoms with Gasteiger partial charge in [-0.1, -0.05) is 26.8 Å². The number of methoxy groups -OCH3 is 1. The summed E-state index contributed by atoms with van der Waals surface area (Å²) in [4.78, 5) is 73.6. The van der Waals surface area contributed by atoms with Crippen molar-refractivity contribution in [2.24, 2.45) is 11.3 Å². The fourth-order valence-corrected chi connectivity index (χ4v) is 11.3. The first-order valence-corrected chi connectivity index (χ1v) is 23.4. The van der Waals surface area contributed by atoms with Crippen LogP contribution >= 0.6 is 18.7 Å². The van der Waals surface area contributed by atoms with Crippen LogP contribution in [0.3, 0.4) is 0 Å². The molecule has 1 aliphatic heterocycles. The molecule has 1 aromatic carbocycles. The Bertz CT molecular complexity index is 2320. The van der Waals surface area contributed by atoms with Gasteiger partial charge in [0.25, 0.3) is 0 Å². The molecule has 7 rings (SSSR count).